The van der Waals surface area contributed by atoms with E-state index in [-0.39, 0.29) is 5.41 Å². The molecule has 0 aromatic rings. The van der Waals surface area contributed by atoms with Gasteiger partial charge in [0.15, 0.2) is 0 Å². The molecule has 0 saturated carbocycles. The van der Waals surface area contributed by atoms with Crippen LogP contribution >= 0.6 is 0 Å². The number of rotatable bonds is 3. The van der Waals surface area contributed by atoms with Gasteiger partial charge in [-0.1, -0.05) is 20.8 Å². The van der Waals surface area contributed by atoms with Crippen LogP contribution in [0, 0.1) is 5.41 Å². The van der Waals surface area contributed by atoms with Crippen LogP contribution in [0.5, 0.6) is 0 Å². The first-order chi connectivity index (χ1) is 4.77. The fraction of sp³-hybridized carbons (Fsp3) is 1.00. The molecule has 0 atom stereocenters. The molecule has 0 aromatic heterocycles. The van der Waals surface area contributed by atoms with Crippen molar-refractivity contribution in [2.24, 2.45) is 5.41 Å². The van der Waals surface area contributed by atoms with Crippen LogP contribution in [0.1, 0.15) is 20.8 Å². The molecule has 0 spiro atoms. The zero-order valence-electron chi connectivity index (χ0n) is 7.43. The summed E-state index contributed by atoms with van der Waals surface area (Å²) >= 11 is 0. The van der Waals surface area contributed by atoms with E-state index >= 15 is 0 Å². The SMILES string of the molecule is CNS(=O)(=O)NCC(C)(C)C. The standard InChI is InChI=1S/C6H16N2O2S/c1-6(2,3)5-8-11(9,10)7-4/h7-8H,5H2,1-4H3. The second-order valence-corrected chi connectivity index (χ2v) is 5.29. The molecule has 0 aliphatic carbocycles. The summed E-state index contributed by atoms with van der Waals surface area (Å²) in [5, 5.41) is 0. The Morgan fingerprint density at radius 3 is 2.00 bits per heavy atom. The zero-order chi connectivity index (χ0) is 9.12. The molecule has 0 aliphatic heterocycles. The van der Waals surface area contributed by atoms with Gasteiger partial charge in [0.2, 0.25) is 0 Å². The summed E-state index contributed by atoms with van der Waals surface area (Å²) in [4.78, 5) is 0. The Kier molecular flexibility index (Phi) is 3.47. The summed E-state index contributed by atoms with van der Waals surface area (Å²) in [5.74, 6) is 0. The maximum Gasteiger partial charge on any atom is 0.276 e. The Labute approximate surface area is 68.6 Å². The van der Waals surface area contributed by atoms with Crippen molar-refractivity contribution < 1.29 is 8.42 Å². The van der Waals surface area contributed by atoms with Crippen molar-refractivity contribution in [3.05, 3.63) is 0 Å². The first kappa shape index (κ1) is 10.9. The Morgan fingerprint density at radius 2 is 1.73 bits per heavy atom. The molecular formula is C6H16N2O2S. The van der Waals surface area contributed by atoms with Crippen LogP contribution in [-0.2, 0) is 10.2 Å². The van der Waals surface area contributed by atoms with Gasteiger partial charge >= 0.3 is 0 Å². The smallest absolute Gasteiger partial charge is 0.205 e. The van der Waals surface area contributed by atoms with Crippen LogP contribution < -0.4 is 9.44 Å². The highest BCUT2D eigenvalue weighted by atomic mass is 32.2. The van der Waals surface area contributed by atoms with Gasteiger partial charge in [0, 0.05) is 13.6 Å². The van der Waals surface area contributed by atoms with E-state index in [1.807, 2.05) is 20.8 Å². The second-order valence-electron chi connectivity index (χ2n) is 3.59. The van der Waals surface area contributed by atoms with E-state index in [2.05, 4.69) is 9.44 Å². The van der Waals surface area contributed by atoms with Gasteiger partial charge in [-0.3, -0.25) is 0 Å². The lowest BCUT2D eigenvalue weighted by molar-refractivity contribution is 0.406. The van der Waals surface area contributed by atoms with E-state index in [4.69, 9.17) is 0 Å². The fourth-order valence-electron chi connectivity index (χ4n) is 0.384. The summed E-state index contributed by atoms with van der Waals surface area (Å²) in [7, 11) is -1.87. The lowest BCUT2D eigenvalue weighted by Crippen LogP contribution is -2.38. The molecule has 0 radical (unpaired) electrons. The Bertz CT molecular complexity index is 203. The molecule has 0 fully saturated rings. The number of hydrogen-bond acceptors (Lipinski definition) is 2. The highest BCUT2D eigenvalue weighted by molar-refractivity contribution is 7.87. The van der Waals surface area contributed by atoms with Crippen LogP contribution in [0.25, 0.3) is 0 Å². The first-order valence-corrected chi connectivity index (χ1v) is 4.93. The van der Waals surface area contributed by atoms with Crippen LogP contribution in [0.4, 0.5) is 0 Å². The zero-order valence-corrected chi connectivity index (χ0v) is 8.25. The molecule has 0 heterocycles. The van der Waals surface area contributed by atoms with Gasteiger partial charge in [-0.15, -0.1) is 0 Å². The topological polar surface area (TPSA) is 58.2 Å². The van der Waals surface area contributed by atoms with Gasteiger partial charge in [-0.2, -0.15) is 8.42 Å². The monoisotopic (exact) mass is 180 g/mol. The van der Waals surface area contributed by atoms with Gasteiger partial charge in [-0.25, -0.2) is 9.44 Å². The molecule has 0 unspecified atom stereocenters. The highest BCUT2D eigenvalue weighted by Crippen LogP contribution is 2.10. The van der Waals surface area contributed by atoms with Crippen molar-refractivity contribution >= 4 is 10.2 Å². The van der Waals surface area contributed by atoms with E-state index in [1.165, 1.54) is 7.05 Å². The fourth-order valence-corrected chi connectivity index (χ4v) is 1.15. The van der Waals surface area contributed by atoms with Gasteiger partial charge in [0.25, 0.3) is 10.2 Å². The Hall–Kier alpha value is -0.130. The minimum Gasteiger partial charge on any atom is -0.205 e. The Balaban J connectivity index is 3.91. The van der Waals surface area contributed by atoms with E-state index in [0.29, 0.717) is 6.54 Å². The Morgan fingerprint density at radius 1 is 1.27 bits per heavy atom. The van der Waals surface area contributed by atoms with Crippen molar-refractivity contribution in [2.45, 2.75) is 20.8 Å². The number of hydrogen-bond donors (Lipinski definition) is 2. The van der Waals surface area contributed by atoms with Crippen molar-refractivity contribution in [1.82, 2.24) is 9.44 Å². The third-order valence-electron chi connectivity index (χ3n) is 1.06. The average Bonchev–Trinajstić information content (AvgIpc) is 1.83. The summed E-state index contributed by atoms with van der Waals surface area (Å²) in [5.41, 5.74) is -0.0239. The molecular weight excluding hydrogens is 164 g/mol. The molecule has 0 amide bonds. The van der Waals surface area contributed by atoms with Gasteiger partial charge < -0.3 is 0 Å². The van der Waals surface area contributed by atoms with E-state index in [0.717, 1.165) is 0 Å². The van der Waals surface area contributed by atoms with Crippen molar-refractivity contribution in [3.8, 4) is 0 Å². The molecule has 4 nitrogen and oxygen atoms in total. The molecule has 11 heavy (non-hydrogen) atoms. The summed E-state index contributed by atoms with van der Waals surface area (Å²) in [6.07, 6.45) is 0. The summed E-state index contributed by atoms with van der Waals surface area (Å²) < 4.78 is 26.2. The van der Waals surface area contributed by atoms with Crippen LogP contribution in [0.3, 0.4) is 0 Å². The molecule has 0 saturated heterocycles. The maximum absolute atomic E-state index is 10.8. The molecule has 68 valence electrons. The average molecular weight is 180 g/mol. The van der Waals surface area contributed by atoms with E-state index in [1.54, 1.807) is 0 Å². The molecule has 0 aromatic carbocycles. The lowest BCUT2D eigenvalue weighted by Gasteiger charge is -2.18. The molecule has 0 rings (SSSR count). The van der Waals surface area contributed by atoms with Crippen molar-refractivity contribution in [2.75, 3.05) is 13.6 Å². The van der Waals surface area contributed by atoms with Gasteiger partial charge in [0.1, 0.15) is 0 Å². The minimum atomic E-state index is -3.25. The van der Waals surface area contributed by atoms with Gasteiger partial charge in [0.05, 0.1) is 0 Å². The second kappa shape index (κ2) is 3.51. The molecule has 0 aliphatic rings. The van der Waals surface area contributed by atoms with Crippen LogP contribution in [0.15, 0.2) is 0 Å². The van der Waals surface area contributed by atoms with Crippen molar-refractivity contribution in [1.29, 1.82) is 0 Å². The van der Waals surface area contributed by atoms with Gasteiger partial charge in [-0.05, 0) is 5.41 Å². The first-order valence-electron chi connectivity index (χ1n) is 3.45. The van der Waals surface area contributed by atoms with E-state index in [9.17, 15) is 8.42 Å². The predicted octanol–water partition coefficient (Wildman–Crippen LogP) is 0.0863. The summed E-state index contributed by atoms with van der Waals surface area (Å²) in [6.45, 7) is 6.33. The van der Waals surface area contributed by atoms with Crippen LogP contribution in [-0.4, -0.2) is 22.0 Å². The molecule has 0 bridgehead atoms. The molecule has 2 N–H and O–H groups in total. The third kappa shape index (κ3) is 6.28. The number of nitrogens with one attached hydrogen (secondary N) is 2. The quantitative estimate of drug-likeness (QED) is 0.646. The van der Waals surface area contributed by atoms with E-state index < -0.39 is 10.2 Å². The lowest BCUT2D eigenvalue weighted by atomic mass is 9.98. The largest absolute Gasteiger partial charge is 0.276 e. The van der Waals surface area contributed by atoms with Crippen LogP contribution in [0.2, 0.25) is 0 Å². The van der Waals surface area contributed by atoms with Crippen molar-refractivity contribution in [3.63, 3.8) is 0 Å². The summed E-state index contributed by atoms with van der Waals surface area (Å²) in [6, 6.07) is 0. The minimum absolute atomic E-state index is 0.0239. The highest BCUT2D eigenvalue weighted by Gasteiger charge is 2.13. The molecule has 5 heteroatoms. The predicted molar refractivity (Wildman–Crippen MR) is 45.4 cm³/mol. The normalized spacial score (nSPS) is 13.5. The third-order valence-corrected chi connectivity index (χ3v) is 2.12. The maximum atomic E-state index is 10.8.